The first kappa shape index (κ1) is 11.3. The largest absolute Gasteiger partial charge is 0.464 e. The van der Waals surface area contributed by atoms with Crippen LogP contribution in [0.15, 0.2) is 6.07 Å². The van der Waals surface area contributed by atoms with Gasteiger partial charge in [0.25, 0.3) is 6.43 Å². The van der Waals surface area contributed by atoms with Gasteiger partial charge < -0.3 is 10.5 Å². The Hall–Kier alpha value is -1.79. The molecule has 1 aromatic heterocycles. The van der Waals surface area contributed by atoms with Gasteiger partial charge in [0.2, 0.25) is 5.95 Å². The molecule has 0 spiro atoms. The number of nitrogens with zero attached hydrogens (tertiary/aromatic N) is 1. The van der Waals surface area contributed by atoms with Crippen molar-refractivity contribution in [3.63, 3.8) is 0 Å². The Labute approximate surface area is 82.9 Å². The van der Waals surface area contributed by atoms with Gasteiger partial charge in [0.05, 0.1) is 12.8 Å². The van der Waals surface area contributed by atoms with E-state index >= 15 is 0 Å². The maximum absolute atomic E-state index is 12.8. The van der Waals surface area contributed by atoms with Crippen molar-refractivity contribution in [1.82, 2.24) is 4.98 Å². The molecule has 0 aliphatic rings. The van der Waals surface area contributed by atoms with Crippen LogP contribution in [-0.4, -0.2) is 18.1 Å². The van der Waals surface area contributed by atoms with Crippen molar-refractivity contribution in [2.75, 3.05) is 12.8 Å². The van der Waals surface area contributed by atoms with Gasteiger partial charge in [0, 0.05) is 11.6 Å². The van der Waals surface area contributed by atoms with Crippen molar-refractivity contribution in [2.24, 2.45) is 0 Å². The summed E-state index contributed by atoms with van der Waals surface area (Å²) in [6, 6.07) is 0.479. The number of carbonyl (C=O) groups is 1. The fourth-order valence-corrected chi connectivity index (χ4v) is 0.975. The lowest BCUT2D eigenvalue weighted by atomic mass is 10.2. The Morgan fingerprint density at radius 2 is 2.20 bits per heavy atom. The van der Waals surface area contributed by atoms with Crippen LogP contribution < -0.4 is 5.73 Å². The zero-order valence-electron chi connectivity index (χ0n) is 7.63. The summed E-state index contributed by atoms with van der Waals surface area (Å²) in [5.74, 6) is -2.27. The van der Waals surface area contributed by atoms with Gasteiger partial charge in [-0.3, -0.25) is 0 Å². The van der Waals surface area contributed by atoms with Crippen molar-refractivity contribution in [1.29, 1.82) is 0 Å². The van der Waals surface area contributed by atoms with E-state index in [-0.39, 0.29) is 0 Å². The van der Waals surface area contributed by atoms with Gasteiger partial charge in [-0.1, -0.05) is 0 Å². The molecule has 1 rings (SSSR count). The first-order valence-corrected chi connectivity index (χ1v) is 3.79. The van der Waals surface area contributed by atoms with E-state index in [9.17, 15) is 18.0 Å². The van der Waals surface area contributed by atoms with Gasteiger partial charge in [-0.15, -0.1) is 0 Å². The molecule has 4 nitrogen and oxygen atoms in total. The summed E-state index contributed by atoms with van der Waals surface area (Å²) in [6.07, 6.45) is -2.98. The van der Waals surface area contributed by atoms with Crippen molar-refractivity contribution in [3.8, 4) is 0 Å². The number of pyridine rings is 1. The predicted octanol–water partition coefficient (Wildman–Crippen LogP) is 1.53. The van der Waals surface area contributed by atoms with Gasteiger partial charge in [-0.05, 0) is 0 Å². The maximum atomic E-state index is 12.8. The highest BCUT2D eigenvalue weighted by Crippen LogP contribution is 2.27. The second kappa shape index (κ2) is 4.16. The van der Waals surface area contributed by atoms with E-state index in [4.69, 9.17) is 5.73 Å². The van der Waals surface area contributed by atoms with E-state index in [1.54, 1.807) is 0 Å². The number of aromatic nitrogens is 1. The number of methoxy groups -OCH3 is 1. The monoisotopic (exact) mass is 220 g/mol. The number of hydrogen-bond donors (Lipinski definition) is 1. The predicted molar refractivity (Wildman–Crippen MR) is 44.9 cm³/mol. The first-order chi connectivity index (χ1) is 6.97. The van der Waals surface area contributed by atoms with E-state index < -0.39 is 35.3 Å². The van der Waals surface area contributed by atoms with Crippen LogP contribution in [0.5, 0.6) is 0 Å². The van der Waals surface area contributed by atoms with Crippen LogP contribution in [0.2, 0.25) is 0 Å². The molecule has 82 valence electrons. The zero-order chi connectivity index (χ0) is 11.6. The van der Waals surface area contributed by atoms with Gasteiger partial charge in [0.1, 0.15) is 0 Å². The van der Waals surface area contributed by atoms with Crippen LogP contribution >= 0.6 is 0 Å². The van der Waals surface area contributed by atoms with Crippen LogP contribution in [0, 0.1) is 5.95 Å². The average molecular weight is 220 g/mol. The molecule has 0 unspecified atom stereocenters. The average Bonchev–Trinajstić information content (AvgIpc) is 2.19. The summed E-state index contributed by atoms with van der Waals surface area (Å²) in [4.78, 5) is 14.1. The molecule has 0 saturated carbocycles. The third-order valence-corrected chi connectivity index (χ3v) is 1.67. The minimum absolute atomic E-state index is 0.479. The highest BCUT2D eigenvalue weighted by molar-refractivity contribution is 5.93. The Balaban J connectivity index is 3.34. The summed E-state index contributed by atoms with van der Waals surface area (Å²) < 4.78 is 41.6. The summed E-state index contributed by atoms with van der Waals surface area (Å²) in [6.45, 7) is 0. The normalized spacial score (nSPS) is 10.5. The number of esters is 1. The molecule has 0 amide bonds. The Kier molecular flexibility index (Phi) is 3.13. The molecular weight excluding hydrogens is 213 g/mol. The zero-order valence-corrected chi connectivity index (χ0v) is 7.63. The van der Waals surface area contributed by atoms with Gasteiger partial charge in [-0.25, -0.2) is 18.6 Å². The van der Waals surface area contributed by atoms with Gasteiger partial charge >= 0.3 is 5.97 Å². The number of carbonyl (C=O) groups excluding carboxylic acids is 1. The Bertz CT molecular complexity index is 396. The number of ether oxygens (including phenoxy) is 1. The number of nitrogen functional groups attached to an aromatic ring is 1. The summed E-state index contributed by atoms with van der Waals surface area (Å²) in [7, 11) is 1.01. The second-order valence-corrected chi connectivity index (χ2v) is 2.59. The number of alkyl halides is 2. The summed E-state index contributed by atoms with van der Waals surface area (Å²) >= 11 is 0. The van der Waals surface area contributed by atoms with Crippen molar-refractivity contribution >= 4 is 11.7 Å². The quantitative estimate of drug-likeness (QED) is 0.606. The Morgan fingerprint density at radius 1 is 1.60 bits per heavy atom. The molecule has 0 fully saturated rings. The van der Waals surface area contributed by atoms with Gasteiger partial charge in [0.15, 0.2) is 5.69 Å². The van der Waals surface area contributed by atoms with Crippen LogP contribution in [-0.2, 0) is 4.74 Å². The smallest absolute Gasteiger partial charge is 0.358 e. The van der Waals surface area contributed by atoms with Crippen molar-refractivity contribution in [3.05, 3.63) is 23.3 Å². The molecule has 0 atom stereocenters. The van der Waals surface area contributed by atoms with Crippen LogP contribution in [0.3, 0.4) is 0 Å². The fourth-order valence-electron chi connectivity index (χ4n) is 0.975. The number of nitrogens with two attached hydrogens (primary N) is 1. The highest BCUT2D eigenvalue weighted by Gasteiger charge is 2.21. The maximum Gasteiger partial charge on any atom is 0.358 e. The molecule has 0 aliphatic carbocycles. The van der Waals surface area contributed by atoms with E-state index in [0.717, 1.165) is 7.11 Å². The lowest BCUT2D eigenvalue weighted by Crippen LogP contribution is -2.12. The third-order valence-electron chi connectivity index (χ3n) is 1.67. The van der Waals surface area contributed by atoms with E-state index in [0.29, 0.717) is 6.07 Å². The number of halogens is 3. The van der Waals surface area contributed by atoms with Gasteiger partial charge in [-0.2, -0.15) is 4.39 Å². The summed E-state index contributed by atoms with van der Waals surface area (Å²) in [5.41, 5.74) is 3.23. The molecule has 0 aromatic carbocycles. The molecular formula is C8H7F3N2O2. The van der Waals surface area contributed by atoms with E-state index in [1.165, 1.54) is 0 Å². The molecule has 1 heterocycles. The highest BCUT2D eigenvalue weighted by atomic mass is 19.3. The topological polar surface area (TPSA) is 65.2 Å². The number of hydrogen-bond acceptors (Lipinski definition) is 4. The molecule has 2 N–H and O–H groups in total. The van der Waals surface area contributed by atoms with Crippen LogP contribution in [0.1, 0.15) is 22.5 Å². The lowest BCUT2D eigenvalue weighted by Gasteiger charge is -2.08. The second-order valence-electron chi connectivity index (χ2n) is 2.59. The molecule has 0 radical (unpaired) electrons. The van der Waals surface area contributed by atoms with Crippen LogP contribution in [0.4, 0.5) is 18.9 Å². The van der Waals surface area contributed by atoms with E-state index in [1.807, 2.05) is 0 Å². The third kappa shape index (κ3) is 2.17. The minimum Gasteiger partial charge on any atom is -0.464 e. The lowest BCUT2D eigenvalue weighted by molar-refractivity contribution is 0.0593. The molecule has 0 bridgehead atoms. The first-order valence-electron chi connectivity index (χ1n) is 3.79. The Morgan fingerprint density at radius 3 is 2.67 bits per heavy atom. The standard InChI is InChI=1S/C8H7F3N2O2/c1-15-8(14)6-5(12)3(7(10)11)2-4(9)13-6/h2,7H,12H2,1H3. The number of anilines is 1. The van der Waals surface area contributed by atoms with E-state index in [2.05, 4.69) is 9.72 Å². The minimum atomic E-state index is -2.98. The molecule has 1 aromatic rings. The molecule has 15 heavy (non-hydrogen) atoms. The van der Waals surface area contributed by atoms with Crippen molar-refractivity contribution in [2.45, 2.75) is 6.43 Å². The molecule has 7 heteroatoms. The van der Waals surface area contributed by atoms with Crippen LogP contribution in [0.25, 0.3) is 0 Å². The fraction of sp³-hybridized carbons (Fsp3) is 0.250. The summed E-state index contributed by atoms with van der Waals surface area (Å²) in [5, 5.41) is 0. The molecule has 0 saturated heterocycles. The number of rotatable bonds is 2. The molecule has 0 aliphatic heterocycles. The SMILES string of the molecule is COC(=O)c1nc(F)cc(C(F)F)c1N. The van der Waals surface area contributed by atoms with Crippen molar-refractivity contribution < 1.29 is 22.7 Å².